The van der Waals surface area contributed by atoms with Crippen molar-refractivity contribution < 1.29 is 14.3 Å². The molecule has 1 aromatic carbocycles. The molecule has 1 rings (SSSR count). The zero-order valence-electron chi connectivity index (χ0n) is 7.21. The Balaban J connectivity index is 2.90. The van der Waals surface area contributed by atoms with Gasteiger partial charge in [0.15, 0.2) is 0 Å². The highest BCUT2D eigenvalue weighted by Gasteiger charge is 2.14. The Kier molecular flexibility index (Phi) is 3.82. The van der Waals surface area contributed by atoms with E-state index in [4.69, 9.17) is 10.8 Å². The number of carboxylic acid groups (broad SMARTS) is 1. The van der Waals surface area contributed by atoms with Gasteiger partial charge in [0.25, 0.3) is 0 Å². The fourth-order valence-electron chi connectivity index (χ4n) is 1.10. The number of halogens is 2. The van der Waals surface area contributed by atoms with Gasteiger partial charge in [0, 0.05) is 15.2 Å². The lowest BCUT2D eigenvalue weighted by molar-refractivity contribution is -0.137. The zero-order chi connectivity index (χ0) is 10.7. The van der Waals surface area contributed by atoms with Crippen molar-refractivity contribution in [2.45, 2.75) is 12.5 Å². The molecule has 0 aliphatic rings. The van der Waals surface area contributed by atoms with Crippen LogP contribution in [0.2, 0.25) is 0 Å². The third kappa shape index (κ3) is 2.91. The van der Waals surface area contributed by atoms with Crippen LogP contribution in [0.5, 0.6) is 0 Å². The van der Waals surface area contributed by atoms with E-state index in [0.717, 1.165) is 3.57 Å². The van der Waals surface area contributed by atoms with Gasteiger partial charge in [-0.3, -0.25) is 4.79 Å². The van der Waals surface area contributed by atoms with Gasteiger partial charge >= 0.3 is 5.97 Å². The Hall–Kier alpha value is -0.690. The molecule has 1 unspecified atom stereocenters. The molecule has 0 amide bonds. The maximum Gasteiger partial charge on any atom is 0.305 e. The Morgan fingerprint density at radius 3 is 2.79 bits per heavy atom. The summed E-state index contributed by atoms with van der Waals surface area (Å²) in [6.45, 7) is 0. The first kappa shape index (κ1) is 11.4. The number of hydrogen-bond acceptors (Lipinski definition) is 2. The number of carboxylic acids is 1. The maximum atomic E-state index is 13.3. The van der Waals surface area contributed by atoms with Crippen LogP contribution in [0.1, 0.15) is 18.0 Å². The summed E-state index contributed by atoms with van der Waals surface area (Å²) in [5.74, 6) is -1.49. The summed E-state index contributed by atoms with van der Waals surface area (Å²) in [4.78, 5) is 10.4. The normalized spacial score (nSPS) is 12.5. The van der Waals surface area contributed by atoms with Crippen molar-refractivity contribution in [2.75, 3.05) is 0 Å². The van der Waals surface area contributed by atoms with Gasteiger partial charge in [0.1, 0.15) is 5.82 Å². The molecule has 0 saturated heterocycles. The quantitative estimate of drug-likeness (QED) is 0.838. The first-order chi connectivity index (χ1) is 6.50. The molecule has 0 aromatic heterocycles. The average molecular weight is 309 g/mol. The van der Waals surface area contributed by atoms with Crippen molar-refractivity contribution in [1.82, 2.24) is 0 Å². The molecule has 0 fully saturated rings. The molecule has 5 heteroatoms. The van der Waals surface area contributed by atoms with Crippen LogP contribution in [-0.2, 0) is 4.79 Å². The Morgan fingerprint density at radius 2 is 2.29 bits per heavy atom. The first-order valence-corrected chi connectivity index (χ1v) is 5.01. The van der Waals surface area contributed by atoms with E-state index >= 15 is 0 Å². The Morgan fingerprint density at radius 1 is 1.64 bits per heavy atom. The molecule has 1 aromatic rings. The van der Waals surface area contributed by atoms with Crippen molar-refractivity contribution in [1.29, 1.82) is 0 Å². The van der Waals surface area contributed by atoms with E-state index < -0.39 is 17.8 Å². The van der Waals surface area contributed by atoms with Crippen LogP contribution in [0.4, 0.5) is 4.39 Å². The zero-order valence-corrected chi connectivity index (χ0v) is 9.36. The molecule has 0 radical (unpaired) electrons. The average Bonchev–Trinajstić information content (AvgIpc) is 2.01. The minimum atomic E-state index is -1.03. The van der Waals surface area contributed by atoms with E-state index in [1.165, 1.54) is 12.1 Å². The molecule has 0 aliphatic carbocycles. The molecule has 76 valence electrons. The summed E-state index contributed by atoms with van der Waals surface area (Å²) in [5, 5.41) is 8.49. The van der Waals surface area contributed by atoms with Crippen molar-refractivity contribution in [2.24, 2.45) is 5.73 Å². The lowest BCUT2D eigenvalue weighted by atomic mass is 10.0. The summed E-state index contributed by atoms with van der Waals surface area (Å²) < 4.78 is 14.0. The number of nitrogens with two attached hydrogens (primary N) is 1. The number of benzene rings is 1. The lowest BCUT2D eigenvalue weighted by Gasteiger charge is -2.10. The van der Waals surface area contributed by atoms with Crippen LogP contribution >= 0.6 is 22.6 Å². The molecule has 0 spiro atoms. The predicted octanol–water partition coefficient (Wildman–Crippen LogP) is 1.90. The predicted molar refractivity (Wildman–Crippen MR) is 58.3 cm³/mol. The number of rotatable bonds is 3. The second kappa shape index (κ2) is 4.70. The second-order valence-corrected chi connectivity index (χ2v) is 4.12. The first-order valence-electron chi connectivity index (χ1n) is 3.93. The van der Waals surface area contributed by atoms with E-state index in [1.807, 2.05) is 22.6 Å². The summed E-state index contributed by atoms with van der Waals surface area (Å²) in [6, 6.07) is 3.76. The molecule has 3 nitrogen and oxygen atoms in total. The molecule has 3 N–H and O–H groups in total. The third-order valence-electron chi connectivity index (χ3n) is 1.76. The monoisotopic (exact) mass is 309 g/mol. The standard InChI is InChI=1S/C9H9FINO2/c10-7-3-5(11)1-2-6(7)8(12)4-9(13)14/h1-3,8H,4,12H2,(H,13,14). The summed E-state index contributed by atoms with van der Waals surface area (Å²) >= 11 is 1.97. The van der Waals surface area contributed by atoms with Crippen molar-refractivity contribution in [3.05, 3.63) is 33.1 Å². The topological polar surface area (TPSA) is 63.3 Å². The highest BCUT2D eigenvalue weighted by Crippen LogP contribution is 2.19. The van der Waals surface area contributed by atoms with Gasteiger partial charge in [-0.05, 0) is 34.7 Å². The molecule has 0 heterocycles. The Labute approximate surface area is 94.2 Å². The largest absolute Gasteiger partial charge is 0.481 e. The van der Waals surface area contributed by atoms with Crippen LogP contribution in [0, 0.1) is 9.39 Å². The fourth-order valence-corrected chi connectivity index (χ4v) is 1.55. The molecular formula is C9H9FINO2. The highest BCUT2D eigenvalue weighted by atomic mass is 127. The van der Waals surface area contributed by atoms with Gasteiger partial charge in [0.05, 0.1) is 6.42 Å². The van der Waals surface area contributed by atoms with Crippen LogP contribution in [0.3, 0.4) is 0 Å². The third-order valence-corrected chi connectivity index (χ3v) is 2.43. The van der Waals surface area contributed by atoms with Crippen molar-refractivity contribution in [3.8, 4) is 0 Å². The molecule has 14 heavy (non-hydrogen) atoms. The second-order valence-electron chi connectivity index (χ2n) is 2.87. The van der Waals surface area contributed by atoms with E-state index in [1.54, 1.807) is 6.07 Å². The highest BCUT2D eigenvalue weighted by molar-refractivity contribution is 14.1. The van der Waals surface area contributed by atoms with Gasteiger partial charge in [-0.25, -0.2) is 4.39 Å². The summed E-state index contributed by atoms with van der Waals surface area (Å²) in [6.07, 6.45) is -0.266. The van der Waals surface area contributed by atoms with E-state index in [2.05, 4.69) is 0 Å². The van der Waals surface area contributed by atoms with Crippen molar-refractivity contribution >= 4 is 28.6 Å². The number of aliphatic carboxylic acids is 1. The molecule has 0 saturated carbocycles. The van der Waals surface area contributed by atoms with Crippen LogP contribution in [0.25, 0.3) is 0 Å². The lowest BCUT2D eigenvalue weighted by Crippen LogP contribution is -2.16. The molecule has 1 atom stereocenters. The van der Waals surface area contributed by atoms with Gasteiger partial charge < -0.3 is 10.8 Å². The minimum absolute atomic E-state index is 0.243. The van der Waals surface area contributed by atoms with Crippen LogP contribution in [-0.4, -0.2) is 11.1 Å². The minimum Gasteiger partial charge on any atom is -0.481 e. The van der Waals surface area contributed by atoms with Crippen LogP contribution in [0.15, 0.2) is 18.2 Å². The summed E-state index contributed by atoms with van der Waals surface area (Å²) in [7, 11) is 0. The maximum absolute atomic E-state index is 13.3. The van der Waals surface area contributed by atoms with Gasteiger partial charge in [-0.1, -0.05) is 6.07 Å². The smallest absolute Gasteiger partial charge is 0.305 e. The number of carbonyl (C=O) groups is 1. The number of hydrogen-bond donors (Lipinski definition) is 2. The molecular weight excluding hydrogens is 300 g/mol. The van der Waals surface area contributed by atoms with Gasteiger partial charge in [-0.15, -0.1) is 0 Å². The van der Waals surface area contributed by atoms with E-state index in [-0.39, 0.29) is 12.0 Å². The van der Waals surface area contributed by atoms with Gasteiger partial charge in [-0.2, -0.15) is 0 Å². The van der Waals surface area contributed by atoms with Gasteiger partial charge in [0.2, 0.25) is 0 Å². The van der Waals surface area contributed by atoms with E-state index in [0.29, 0.717) is 0 Å². The Bertz CT molecular complexity index is 357. The summed E-state index contributed by atoms with van der Waals surface area (Å²) in [5.41, 5.74) is 5.77. The fraction of sp³-hybridized carbons (Fsp3) is 0.222. The van der Waals surface area contributed by atoms with Crippen LogP contribution < -0.4 is 5.73 Å². The molecule has 0 bridgehead atoms. The van der Waals surface area contributed by atoms with E-state index in [9.17, 15) is 9.18 Å². The molecule has 0 aliphatic heterocycles. The van der Waals surface area contributed by atoms with Crippen molar-refractivity contribution in [3.63, 3.8) is 0 Å². The SMILES string of the molecule is NC(CC(=O)O)c1ccc(I)cc1F.